The van der Waals surface area contributed by atoms with E-state index in [2.05, 4.69) is 16.8 Å². The third-order valence-corrected chi connectivity index (χ3v) is 6.18. The maximum atomic E-state index is 13.0. The van der Waals surface area contributed by atoms with E-state index in [1.807, 2.05) is 46.7 Å². The van der Waals surface area contributed by atoms with Crippen molar-refractivity contribution in [2.75, 3.05) is 25.5 Å². The molecule has 0 aliphatic carbocycles. The predicted molar refractivity (Wildman–Crippen MR) is 109 cm³/mol. The third-order valence-electron chi connectivity index (χ3n) is 4.56. The summed E-state index contributed by atoms with van der Waals surface area (Å²) in [5.41, 5.74) is 0.685. The van der Waals surface area contributed by atoms with Gasteiger partial charge in [0.25, 0.3) is 0 Å². The summed E-state index contributed by atoms with van der Waals surface area (Å²) in [5.74, 6) is 0.931. The highest BCUT2D eigenvalue weighted by molar-refractivity contribution is 7.97. The quantitative estimate of drug-likeness (QED) is 0.640. The Morgan fingerprint density at radius 2 is 2.19 bits per heavy atom. The normalized spacial score (nSPS) is 17.5. The smallest absolute Gasteiger partial charge is 0.205 e. The van der Waals surface area contributed by atoms with Gasteiger partial charge in [-0.1, -0.05) is 0 Å². The van der Waals surface area contributed by atoms with Crippen LogP contribution in [0.3, 0.4) is 0 Å². The Morgan fingerprint density at radius 1 is 1.35 bits per heavy atom. The Morgan fingerprint density at radius 3 is 2.85 bits per heavy atom. The highest BCUT2D eigenvalue weighted by Gasteiger charge is 2.23. The molecule has 1 unspecified atom stereocenters. The number of pyridine rings is 2. The minimum atomic E-state index is 0.0139. The van der Waals surface area contributed by atoms with Gasteiger partial charge in [-0.2, -0.15) is 0 Å². The number of hydrogen-bond acceptors (Lipinski definition) is 7. The van der Waals surface area contributed by atoms with Crippen molar-refractivity contribution >= 4 is 40.1 Å². The monoisotopic (exact) mass is 387 g/mol. The standard InChI is InChI=1S/C18H21N5OS2/c1-12-5-4-9-22(12)15-7-6-13-16(24)14(26-21(2)3)11-23(17(13)20-15)18-19-8-10-25-18/h6-8,10-12H,4-5,9H2,1-3H3. The van der Waals surface area contributed by atoms with Crippen LogP contribution < -0.4 is 10.3 Å². The summed E-state index contributed by atoms with van der Waals surface area (Å²) < 4.78 is 3.86. The zero-order chi connectivity index (χ0) is 18.3. The molecule has 0 radical (unpaired) electrons. The summed E-state index contributed by atoms with van der Waals surface area (Å²) in [6, 6.07) is 4.36. The number of nitrogens with zero attached hydrogens (tertiary/aromatic N) is 5. The Kier molecular flexibility index (Phi) is 4.73. The number of fused-ring (bicyclic) bond motifs is 1. The molecular weight excluding hydrogens is 366 g/mol. The van der Waals surface area contributed by atoms with Crippen LogP contribution in [0.15, 0.2) is 39.6 Å². The van der Waals surface area contributed by atoms with Gasteiger partial charge in [0.1, 0.15) is 5.82 Å². The molecule has 136 valence electrons. The molecule has 0 bridgehead atoms. The van der Waals surface area contributed by atoms with Crippen LogP contribution in [0.25, 0.3) is 16.2 Å². The summed E-state index contributed by atoms with van der Waals surface area (Å²) in [4.78, 5) is 25.2. The van der Waals surface area contributed by atoms with Crippen molar-refractivity contribution < 1.29 is 0 Å². The molecule has 26 heavy (non-hydrogen) atoms. The molecule has 0 saturated carbocycles. The lowest BCUT2D eigenvalue weighted by Crippen LogP contribution is -2.27. The predicted octanol–water partition coefficient (Wildman–Crippen LogP) is 3.40. The SMILES string of the molecule is CC1CCCN1c1ccc2c(=O)c(SN(C)C)cn(-c3nccs3)c2n1. The van der Waals surface area contributed by atoms with Gasteiger partial charge in [0, 0.05) is 30.4 Å². The molecule has 1 saturated heterocycles. The second-order valence-corrected chi connectivity index (χ2v) is 8.86. The fourth-order valence-electron chi connectivity index (χ4n) is 3.35. The molecule has 0 amide bonds. The molecule has 4 rings (SSSR count). The molecule has 0 spiro atoms. The van der Waals surface area contributed by atoms with E-state index < -0.39 is 0 Å². The van der Waals surface area contributed by atoms with Gasteiger partial charge in [-0.3, -0.25) is 13.7 Å². The molecule has 6 nitrogen and oxygen atoms in total. The lowest BCUT2D eigenvalue weighted by Gasteiger charge is -2.23. The highest BCUT2D eigenvalue weighted by atomic mass is 32.2. The number of rotatable bonds is 4. The van der Waals surface area contributed by atoms with E-state index >= 15 is 0 Å². The van der Waals surface area contributed by atoms with Gasteiger partial charge in [-0.15, -0.1) is 11.3 Å². The first-order valence-electron chi connectivity index (χ1n) is 8.63. The van der Waals surface area contributed by atoms with Crippen molar-refractivity contribution in [1.82, 2.24) is 18.8 Å². The maximum Gasteiger partial charge on any atom is 0.205 e. The molecule has 1 fully saturated rings. The Hall–Kier alpha value is -1.90. The van der Waals surface area contributed by atoms with Crippen LogP contribution in [0.4, 0.5) is 5.82 Å². The van der Waals surface area contributed by atoms with Gasteiger partial charge >= 0.3 is 0 Å². The molecule has 1 atom stereocenters. The topological polar surface area (TPSA) is 54.3 Å². The number of aromatic nitrogens is 3. The second kappa shape index (κ2) is 7.02. The van der Waals surface area contributed by atoms with E-state index in [4.69, 9.17) is 4.98 Å². The first-order chi connectivity index (χ1) is 12.5. The van der Waals surface area contributed by atoms with Crippen LogP contribution in [0.2, 0.25) is 0 Å². The minimum absolute atomic E-state index is 0.0139. The average Bonchev–Trinajstić information content (AvgIpc) is 3.28. The van der Waals surface area contributed by atoms with Crippen molar-refractivity contribution in [2.45, 2.75) is 30.7 Å². The van der Waals surface area contributed by atoms with Gasteiger partial charge in [-0.05, 0) is 57.9 Å². The highest BCUT2D eigenvalue weighted by Crippen LogP contribution is 2.28. The van der Waals surface area contributed by atoms with E-state index in [9.17, 15) is 4.79 Å². The van der Waals surface area contributed by atoms with Crippen LogP contribution in [0.5, 0.6) is 0 Å². The largest absolute Gasteiger partial charge is 0.354 e. The summed E-state index contributed by atoms with van der Waals surface area (Å²) >= 11 is 2.96. The van der Waals surface area contributed by atoms with Gasteiger partial charge in [0.2, 0.25) is 5.43 Å². The van der Waals surface area contributed by atoms with E-state index in [-0.39, 0.29) is 5.43 Å². The molecule has 0 aromatic carbocycles. The molecule has 3 aromatic rings. The summed E-state index contributed by atoms with van der Waals surface area (Å²) in [6.45, 7) is 3.24. The Bertz CT molecular complexity index is 983. The van der Waals surface area contributed by atoms with Gasteiger partial charge in [0.05, 0.1) is 10.3 Å². The van der Waals surface area contributed by atoms with E-state index in [0.717, 1.165) is 17.5 Å². The number of anilines is 1. The lowest BCUT2D eigenvalue weighted by molar-refractivity contribution is 0.701. The van der Waals surface area contributed by atoms with Crippen LogP contribution in [-0.2, 0) is 0 Å². The minimum Gasteiger partial charge on any atom is -0.354 e. The molecular formula is C18H21N5OS2. The zero-order valence-corrected chi connectivity index (χ0v) is 16.7. The van der Waals surface area contributed by atoms with Crippen LogP contribution >= 0.6 is 23.3 Å². The first kappa shape index (κ1) is 17.5. The summed E-state index contributed by atoms with van der Waals surface area (Å²) in [5, 5.41) is 3.38. The lowest BCUT2D eigenvalue weighted by atomic mass is 10.2. The van der Waals surface area contributed by atoms with Crippen molar-refractivity contribution in [3.8, 4) is 5.13 Å². The molecule has 8 heteroatoms. The Labute approximate surface area is 160 Å². The fraction of sp³-hybridized carbons (Fsp3) is 0.389. The van der Waals surface area contributed by atoms with Crippen LogP contribution in [-0.4, -0.2) is 45.5 Å². The molecule has 0 N–H and O–H groups in total. The molecule has 1 aliphatic heterocycles. The van der Waals surface area contributed by atoms with E-state index in [0.29, 0.717) is 22.0 Å². The summed E-state index contributed by atoms with van der Waals surface area (Å²) in [7, 11) is 3.86. The Balaban J connectivity index is 1.94. The average molecular weight is 388 g/mol. The van der Waals surface area contributed by atoms with Gasteiger partial charge in [0.15, 0.2) is 10.8 Å². The molecule has 4 heterocycles. The maximum absolute atomic E-state index is 13.0. The van der Waals surface area contributed by atoms with Crippen molar-refractivity contribution in [3.05, 3.63) is 40.1 Å². The number of thiazole rings is 1. The second-order valence-electron chi connectivity index (χ2n) is 6.64. The third kappa shape index (κ3) is 3.13. The zero-order valence-electron chi connectivity index (χ0n) is 15.0. The van der Waals surface area contributed by atoms with Gasteiger partial charge in [-0.25, -0.2) is 9.97 Å². The van der Waals surface area contributed by atoms with Crippen molar-refractivity contribution in [1.29, 1.82) is 0 Å². The van der Waals surface area contributed by atoms with Crippen LogP contribution in [0, 0.1) is 0 Å². The van der Waals surface area contributed by atoms with Crippen molar-refractivity contribution in [3.63, 3.8) is 0 Å². The van der Waals surface area contributed by atoms with Crippen molar-refractivity contribution in [2.24, 2.45) is 0 Å². The summed E-state index contributed by atoms with van der Waals surface area (Å²) in [6.07, 6.45) is 5.99. The first-order valence-corrected chi connectivity index (χ1v) is 10.3. The molecule has 1 aliphatic rings. The molecule has 3 aromatic heterocycles. The number of hydrogen-bond donors (Lipinski definition) is 0. The van der Waals surface area contributed by atoms with Gasteiger partial charge < -0.3 is 4.90 Å². The van der Waals surface area contributed by atoms with E-state index in [1.54, 1.807) is 6.20 Å². The van der Waals surface area contributed by atoms with E-state index in [1.165, 1.54) is 36.1 Å². The van der Waals surface area contributed by atoms with Crippen LogP contribution in [0.1, 0.15) is 19.8 Å². The fourth-order valence-corrected chi connectivity index (χ4v) is 4.70.